The highest BCUT2D eigenvalue weighted by atomic mass is 16.5. The van der Waals surface area contributed by atoms with Gasteiger partial charge in [-0.05, 0) is 68.7 Å². The van der Waals surface area contributed by atoms with E-state index in [-0.39, 0.29) is 11.4 Å². The first kappa shape index (κ1) is 21.0. The van der Waals surface area contributed by atoms with Crippen LogP contribution < -0.4 is 0 Å². The number of ether oxygens (including phenoxy) is 1. The van der Waals surface area contributed by atoms with Crippen LogP contribution in [0.5, 0.6) is 0 Å². The molecule has 0 heterocycles. The predicted molar refractivity (Wildman–Crippen MR) is 115 cm³/mol. The third kappa shape index (κ3) is 6.09. The van der Waals surface area contributed by atoms with Gasteiger partial charge in [0.1, 0.15) is 0 Å². The molecule has 0 radical (unpaired) electrons. The van der Waals surface area contributed by atoms with Crippen molar-refractivity contribution in [2.45, 2.75) is 53.9 Å². The second-order valence-corrected chi connectivity index (χ2v) is 7.88. The second-order valence-electron chi connectivity index (χ2n) is 7.88. The third-order valence-electron chi connectivity index (χ3n) is 5.12. The van der Waals surface area contributed by atoms with E-state index in [0.29, 0.717) is 12.2 Å². The first-order valence-electron chi connectivity index (χ1n) is 9.84. The van der Waals surface area contributed by atoms with Crippen LogP contribution in [0.3, 0.4) is 0 Å². The van der Waals surface area contributed by atoms with Crippen LogP contribution in [0.15, 0.2) is 65.3 Å². The first-order valence-corrected chi connectivity index (χ1v) is 9.84. The monoisotopic (exact) mass is 364 g/mol. The van der Waals surface area contributed by atoms with Crippen molar-refractivity contribution in [1.29, 1.82) is 0 Å². The zero-order chi connectivity index (χ0) is 19.9. The average Bonchev–Trinajstić information content (AvgIpc) is 2.61. The standard InChI is InChI=1S/C25H32O2/c1-6-27-24(26)22-15-13-21(14-16-22)11-7-9-19(2)12-17-23-20(3)10-8-18-25(23,4)5/h7,9,11-17H,6,8,10,18H2,1-5H3/b11-7-,17-12+,19-9+. The molecule has 0 aliphatic heterocycles. The van der Waals surface area contributed by atoms with E-state index >= 15 is 0 Å². The van der Waals surface area contributed by atoms with E-state index < -0.39 is 0 Å². The molecule has 2 heteroatoms. The molecule has 0 bridgehead atoms. The van der Waals surface area contributed by atoms with Crippen LogP contribution in [0.4, 0.5) is 0 Å². The van der Waals surface area contributed by atoms with E-state index in [1.807, 2.05) is 31.2 Å². The van der Waals surface area contributed by atoms with Gasteiger partial charge >= 0.3 is 5.97 Å². The van der Waals surface area contributed by atoms with Crippen LogP contribution in [-0.4, -0.2) is 12.6 Å². The average molecular weight is 365 g/mol. The number of rotatable bonds is 6. The molecule has 0 fully saturated rings. The lowest BCUT2D eigenvalue weighted by atomic mass is 9.72. The molecule has 2 nitrogen and oxygen atoms in total. The van der Waals surface area contributed by atoms with Gasteiger partial charge in [-0.25, -0.2) is 4.79 Å². The van der Waals surface area contributed by atoms with Crippen LogP contribution in [0, 0.1) is 5.41 Å². The van der Waals surface area contributed by atoms with Gasteiger partial charge in [0.15, 0.2) is 0 Å². The molecule has 27 heavy (non-hydrogen) atoms. The van der Waals surface area contributed by atoms with Gasteiger partial charge in [-0.2, -0.15) is 0 Å². The number of benzene rings is 1. The summed E-state index contributed by atoms with van der Waals surface area (Å²) in [6, 6.07) is 7.46. The number of esters is 1. The quantitative estimate of drug-likeness (QED) is 0.405. The van der Waals surface area contributed by atoms with Gasteiger partial charge in [-0.1, -0.05) is 67.5 Å². The van der Waals surface area contributed by atoms with Crippen molar-refractivity contribution < 1.29 is 9.53 Å². The maximum atomic E-state index is 11.7. The van der Waals surface area contributed by atoms with Gasteiger partial charge in [-0.3, -0.25) is 0 Å². The number of carbonyl (C=O) groups is 1. The van der Waals surface area contributed by atoms with Crippen molar-refractivity contribution in [2.75, 3.05) is 6.61 Å². The Labute approximate surface area is 164 Å². The van der Waals surface area contributed by atoms with E-state index in [0.717, 1.165) is 5.56 Å². The van der Waals surface area contributed by atoms with Gasteiger partial charge in [0.2, 0.25) is 0 Å². The van der Waals surface area contributed by atoms with E-state index in [1.54, 1.807) is 12.1 Å². The molecule has 0 amide bonds. The molecule has 1 aromatic rings. The van der Waals surface area contributed by atoms with Gasteiger partial charge in [0.25, 0.3) is 0 Å². The van der Waals surface area contributed by atoms with Crippen LogP contribution >= 0.6 is 0 Å². The molecular formula is C25H32O2. The predicted octanol–water partition coefficient (Wildman–Crippen LogP) is 6.91. The van der Waals surface area contributed by atoms with Crippen molar-refractivity contribution in [1.82, 2.24) is 0 Å². The summed E-state index contributed by atoms with van der Waals surface area (Å²) in [4.78, 5) is 11.7. The lowest BCUT2D eigenvalue weighted by Crippen LogP contribution is -2.19. The molecule has 0 saturated heterocycles. The molecule has 1 aromatic carbocycles. The number of carbonyl (C=O) groups excluding carboxylic acids is 1. The van der Waals surface area contributed by atoms with Crippen molar-refractivity contribution in [3.63, 3.8) is 0 Å². The van der Waals surface area contributed by atoms with E-state index in [1.165, 1.54) is 36.0 Å². The van der Waals surface area contributed by atoms with E-state index in [2.05, 4.69) is 45.9 Å². The minimum atomic E-state index is -0.274. The third-order valence-corrected chi connectivity index (χ3v) is 5.12. The summed E-state index contributed by atoms with van der Waals surface area (Å²) in [5.74, 6) is -0.274. The SMILES string of the molecule is CCOC(=O)c1ccc(\C=C/C=C(C)/C=C/C2=C(C)CCCC2(C)C)cc1. The molecular weight excluding hydrogens is 332 g/mol. The van der Waals surface area contributed by atoms with Crippen LogP contribution in [0.1, 0.15) is 69.8 Å². The molecule has 0 saturated carbocycles. The topological polar surface area (TPSA) is 26.3 Å². The minimum absolute atomic E-state index is 0.273. The molecule has 144 valence electrons. The Morgan fingerprint density at radius 1 is 1.19 bits per heavy atom. The van der Waals surface area contributed by atoms with Crippen LogP contribution in [0.25, 0.3) is 6.08 Å². The van der Waals surface area contributed by atoms with Crippen molar-refractivity contribution in [3.05, 3.63) is 76.4 Å². The van der Waals surface area contributed by atoms with Crippen molar-refractivity contribution >= 4 is 12.0 Å². The van der Waals surface area contributed by atoms with Crippen molar-refractivity contribution in [3.8, 4) is 0 Å². The summed E-state index contributed by atoms with van der Waals surface area (Å²) in [6.07, 6.45) is 14.5. The molecule has 0 aromatic heterocycles. The molecule has 0 unspecified atom stereocenters. The highest BCUT2D eigenvalue weighted by Crippen LogP contribution is 2.40. The zero-order valence-electron chi connectivity index (χ0n) is 17.3. The van der Waals surface area contributed by atoms with Crippen molar-refractivity contribution in [2.24, 2.45) is 5.41 Å². The summed E-state index contributed by atoms with van der Waals surface area (Å²) >= 11 is 0. The summed E-state index contributed by atoms with van der Waals surface area (Å²) < 4.78 is 5.00. The fourth-order valence-electron chi connectivity index (χ4n) is 3.54. The largest absolute Gasteiger partial charge is 0.462 e. The summed E-state index contributed by atoms with van der Waals surface area (Å²) in [6.45, 7) is 11.3. The molecule has 0 spiro atoms. The maximum Gasteiger partial charge on any atom is 0.338 e. The smallest absolute Gasteiger partial charge is 0.338 e. The lowest BCUT2D eigenvalue weighted by molar-refractivity contribution is 0.0526. The maximum absolute atomic E-state index is 11.7. The van der Waals surface area contributed by atoms with Gasteiger partial charge in [0.05, 0.1) is 12.2 Å². The summed E-state index contributed by atoms with van der Waals surface area (Å²) in [5.41, 5.74) is 6.14. The fourth-order valence-corrected chi connectivity index (χ4v) is 3.54. The van der Waals surface area contributed by atoms with Gasteiger partial charge < -0.3 is 4.74 Å². The Morgan fingerprint density at radius 3 is 2.52 bits per heavy atom. The van der Waals surface area contributed by atoms with E-state index in [4.69, 9.17) is 4.74 Å². The molecule has 2 rings (SSSR count). The highest BCUT2D eigenvalue weighted by Gasteiger charge is 2.26. The van der Waals surface area contributed by atoms with E-state index in [9.17, 15) is 4.79 Å². The Kier molecular flexibility index (Phi) is 7.41. The summed E-state index contributed by atoms with van der Waals surface area (Å²) in [7, 11) is 0. The first-order chi connectivity index (χ1) is 12.8. The van der Waals surface area contributed by atoms with Crippen LogP contribution in [0.2, 0.25) is 0 Å². The fraction of sp³-hybridized carbons (Fsp3) is 0.400. The number of hydrogen-bond donors (Lipinski definition) is 0. The van der Waals surface area contributed by atoms with Crippen LogP contribution in [-0.2, 0) is 4.74 Å². The Balaban J connectivity index is 2.01. The molecule has 1 aliphatic carbocycles. The lowest BCUT2D eigenvalue weighted by Gasteiger charge is -2.32. The number of allylic oxidation sites excluding steroid dienone is 7. The summed E-state index contributed by atoms with van der Waals surface area (Å²) in [5, 5.41) is 0. The van der Waals surface area contributed by atoms with Gasteiger partial charge in [-0.15, -0.1) is 0 Å². The zero-order valence-corrected chi connectivity index (χ0v) is 17.3. The molecule has 0 N–H and O–H groups in total. The Bertz CT molecular complexity index is 771. The Morgan fingerprint density at radius 2 is 1.89 bits per heavy atom. The highest BCUT2D eigenvalue weighted by molar-refractivity contribution is 5.89. The minimum Gasteiger partial charge on any atom is -0.462 e. The molecule has 0 atom stereocenters. The normalized spacial score (nSPS) is 17.7. The number of hydrogen-bond acceptors (Lipinski definition) is 2. The second kappa shape index (κ2) is 9.55. The van der Waals surface area contributed by atoms with Gasteiger partial charge in [0, 0.05) is 0 Å². The molecule has 1 aliphatic rings. The Hall–Kier alpha value is -2.35.